The van der Waals surface area contributed by atoms with Gasteiger partial charge in [-0.25, -0.2) is 0 Å². The van der Waals surface area contributed by atoms with E-state index in [1.165, 1.54) is 0 Å². The minimum atomic E-state index is -2.77. The molecule has 0 spiro atoms. The molecule has 0 atom stereocenters. The molecule has 16 heavy (non-hydrogen) atoms. The third-order valence-electron chi connectivity index (χ3n) is 1.68. The number of hydrogen-bond acceptors (Lipinski definition) is 2. The van der Waals surface area contributed by atoms with Gasteiger partial charge in [0.25, 0.3) is 0 Å². The summed E-state index contributed by atoms with van der Waals surface area (Å²) in [7, 11) is 3.75. The van der Waals surface area contributed by atoms with Crippen molar-refractivity contribution in [1.82, 2.24) is 4.90 Å². The summed E-state index contributed by atoms with van der Waals surface area (Å²) in [5, 5.41) is 0. The predicted molar refractivity (Wildman–Crippen MR) is 61.8 cm³/mol. The van der Waals surface area contributed by atoms with Crippen molar-refractivity contribution in [2.75, 3.05) is 14.1 Å². The van der Waals surface area contributed by atoms with Crippen LogP contribution in [-0.4, -0.2) is 25.6 Å². The van der Waals surface area contributed by atoms with E-state index in [4.69, 9.17) is 0 Å². The number of nitrogens with zero attached hydrogens (tertiary/aromatic N) is 1. The Morgan fingerprint density at radius 1 is 1.19 bits per heavy atom. The van der Waals surface area contributed by atoms with Crippen molar-refractivity contribution in [1.29, 1.82) is 0 Å². The molecule has 0 saturated heterocycles. The van der Waals surface area contributed by atoms with Crippen LogP contribution in [0.2, 0.25) is 0 Å². The second-order valence-corrected chi connectivity index (χ2v) is 3.22. The Labute approximate surface area is 95.8 Å². The zero-order valence-electron chi connectivity index (χ0n) is 10.2. The normalized spacial score (nSPS) is 10.0. The molecule has 0 aliphatic rings. The van der Waals surface area contributed by atoms with Crippen molar-refractivity contribution < 1.29 is 13.5 Å². The van der Waals surface area contributed by atoms with Crippen molar-refractivity contribution in [3.63, 3.8) is 0 Å². The lowest BCUT2D eigenvalue weighted by molar-refractivity contribution is -0.0506. The lowest BCUT2D eigenvalue weighted by Gasteiger charge is -2.14. The van der Waals surface area contributed by atoms with Gasteiger partial charge in [-0.2, -0.15) is 8.78 Å². The summed E-state index contributed by atoms with van der Waals surface area (Å²) in [5.74, 6) is 0.246. The molecule has 0 aliphatic heterocycles. The summed E-state index contributed by atoms with van der Waals surface area (Å²) >= 11 is 0. The molecular formula is C12H19F2NO. The second kappa shape index (κ2) is 8.05. The summed E-state index contributed by atoms with van der Waals surface area (Å²) in [5.41, 5.74) is 0.762. The van der Waals surface area contributed by atoms with E-state index in [-0.39, 0.29) is 5.75 Å². The number of benzene rings is 1. The van der Waals surface area contributed by atoms with Gasteiger partial charge in [0, 0.05) is 12.1 Å². The van der Waals surface area contributed by atoms with E-state index in [2.05, 4.69) is 4.74 Å². The Bertz CT molecular complexity index is 261. The molecule has 0 saturated carbocycles. The van der Waals surface area contributed by atoms with Gasteiger partial charge in [-0.05, 0) is 20.2 Å². The molecule has 0 radical (unpaired) electrons. The summed E-state index contributed by atoms with van der Waals surface area (Å²) in [6.45, 7) is 1.82. The van der Waals surface area contributed by atoms with Gasteiger partial charge >= 0.3 is 6.61 Å². The Hall–Kier alpha value is -1.16. The van der Waals surface area contributed by atoms with E-state index < -0.39 is 6.61 Å². The summed E-state index contributed by atoms with van der Waals surface area (Å²) in [6, 6.07) is 6.80. The molecule has 1 aromatic carbocycles. The van der Waals surface area contributed by atoms with E-state index in [1.54, 1.807) is 24.3 Å². The van der Waals surface area contributed by atoms with Crippen LogP contribution in [0.3, 0.4) is 0 Å². The van der Waals surface area contributed by atoms with Crippen LogP contribution in [0.5, 0.6) is 5.75 Å². The van der Waals surface area contributed by atoms with E-state index in [0.29, 0.717) is 6.54 Å². The highest BCUT2D eigenvalue weighted by Gasteiger charge is 2.08. The van der Waals surface area contributed by atoms with Crippen molar-refractivity contribution in [2.45, 2.75) is 27.0 Å². The predicted octanol–water partition coefficient (Wildman–Crippen LogP) is 3.38. The molecule has 0 fully saturated rings. The van der Waals surface area contributed by atoms with Crippen LogP contribution in [0.4, 0.5) is 8.78 Å². The van der Waals surface area contributed by atoms with Crippen molar-refractivity contribution in [3.05, 3.63) is 29.8 Å². The molecule has 4 heteroatoms. The quantitative estimate of drug-likeness (QED) is 0.787. The van der Waals surface area contributed by atoms with E-state index in [1.807, 2.05) is 32.8 Å². The number of hydrogen-bond donors (Lipinski definition) is 0. The summed E-state index contributed by atoms with van der Waals surface area (Å²) < 4.78 is 28.4. The fourth-order valence-corrected chi connectivity index (χ4v) is 1.19. The van der Waals surface area contributed by atoms with Crippen LogP contribution in [0.25, 0.3) is 0 Å². The highest BCUT2D eigenvalue weighted by Crippen LogP contribution is 2.20. The molecule has 0 aromatic heterocycles. The monoisotopic (exact) mass is 231 g/mol. The zero-order chi connectivity index (χ0) is 12.6. The Kier molecular flexibility index (Phi) is 7.46. The molecule has 0 amide bonds. The van der Waals surface area contributed by atoms with Gasteiger partial charge in [0.2, 0.25) is 0 Å². The van der Waals surface area contributed by atoms with Gasteiger partial charge in [0.15, 0.2) is 0 Å². The third kappa shape index (κ3) is 5.66. The van der Waals surface area contributed by atoms with Crippen LogP contribution in [0.1, 0.15) is 19.4 Å². The van der Waals surface area contributed by atoms with Gasteiger partial charge in [-0.15, -0.1) is 0 Å². The first kappa shape index (κ1) is 14.8. The van der Waals surface area contributed by atoms with Gasteiger partial charge in [0.05, 0.1) is 0 Å². The molecule has 0 aliphatic carbocycles. The zero-order valence-corrected chi connectivity index (χ0v) is 10.2. The maximum atomic E-state index is 12.0. The Morgan fingerprint density at radius 2 is 1.75 bits per heavy atom. The first-order chi connectivity index (χ1) is 7.59. The van der Waals surface area contributed by atoms with Gasteiger partial charge in [-0.1, -0.05) is 32.0 Å². The second-order valence-electron chi connectivity index (χ2n) is 3.22. The summed E-state index contributed by atoms with van der Waals surface area (Å²) in [6.07, 6.45) is 0. The molecule has 2 nitrogen and oxygen atoms in total. The minimum absolute atomic E-state index is 0.246. The molecule has 1 aromatic rings. The fourth-order valence-electron chi connectivity index (χ4n) is 1.19. The average Bonchev–Trinajstić information content (AvgIpc) is 2.22. The number of alkyl halides is 2. The standard InChI is InChI=1S/C10H13F2NO.C2H6/c1-13(2)7-8-5-3-4-6-9(8)14-10(11)12;1-2/h3-6,10H,7H2,1-2H3;1-2H3. The lowest BCUT2D eigenvalue weighted by Crippen LogP contribution is -2.13. The number of rotatable bonds is 4. The number of para-hydroxylation sites is 1. The SMILES string of the molecule is CC.CN(C)Cc1ccccc1OC(F)F. The van der Waals surface area contributed by atoms with Crippen LogP contribution in [-0.2, 0) is 6.54 Å². The van der Waals surface area contributed by atoms with Gasteiger partial charge in [0.1, 0.15) is 5.75 Å². The fraction of sp³-hybridized carbons (Fsp3) is 0.500. The largest absolute Gasteiger partial charge is 0.434 e. The van der Waals surface area contributed by atoms with Crippen molar-refractivity contribution in [2.24, 2.45) is 0 Å². The summed E-state index contributed by atoms with van der Waals surface area (Å²) in [4.78, 5) is 1.90. The molecule has 92 valence electrons. The van der Waals surface area contributed by atoms with E-state index >= 15 is 0 Å². The molecule has 1 rings (SSSR count). The third-order valence-corrected chi connectivity index (χ3v) is 1.68. The molecule has 0 bridgehead atoms. The lowest BCUT2D eigenvalue weighted by atomic mass is 10.2. The smallest absolute Gasteiger partial charge is 0.387 e. The molecule has 0 unspecified atom stereocenters. The van der Waals surface area contributed by atoms with Gasteiger partial charge in [-0.3, -0.25) is 0 Å². The van der Waals surface area contributed by atoms with Crippen LogP contribution < -0.4 is 4.74 Å². The van der Waals surface area contributed by atoms with Gasteiger partial charge < -0.3 is 9.64 Å². The van der Waals surface area contributed by atoms with Crippen LogP contribution in [0.15, 0.2) is 24.3 Å². The minimum Gasteiger partial charge on any atom is -0.434 e. The maximum Gasteiger partial charge on any atom is 0.387 e. The number of ether oxygens (including phenoxy) is 1. The van der Waals surface area contributed by atoms with Crippen molar-refractivity contribution >= 4 is 0 Å². The first-order valence-electron chi connectivity index (χ1n) is 5.27. The van der Waals surface area contributed by atoms with E-state index in [0.717, 1.165) is 5.56 Å². The van der Waals surface area contributed by atoms with E-state index in [9.17, 15) is 8.78 Å². The first-order valence-corrected chi connectivity index (χ1v) is 5.27. The van der Waals surface area contributed by atoms with Crippen LogP contribution in [0, 0.1) is 0 Å². The van der Waals surface area contributed by atoms with Crippen LogP contribution >= 0.6 is 0 Å². The Balaban J connectivity index is 0.00000106. The van der Waals surface area contributed by atoms with Crippen molar-refractivity contribution in [3.8, 4) is 5.75 Å². The number of halogens is 2. The maximum absolute atomic E-state index is 12.0. The highest BCUT2D eigenvalue weighted by molar-refractivity contribution is 5.33. The Morgan fingerprint density at radius 3 is 2.25 bits per heavy atom. The molecule has 0 N–H and O–H groups in total. The molecule has 0 heterocycles. The molecular weight excluding hydrogens is 212 g/mol. The highest BCUT2D eigenvalue weighted by atomic mass is 19.3. The average molecular weight is 231 g/mol. The topological polar surface area (TPSA) is 12.5 Å².